The maximum atomic E-state index is 12.5. The molecule has 0 unspecified atom stereocenters. The van der Waals surface area contributed by atoms with Gasteiger partial charge >= 0.3 is 0 Å². The number of nitrogens with one attached hydrogen (secondary N) is 2. The number of benzene rings is 2. The SMILES string of the molecule is Cc1ccc(C(=O)N[C@H](C(=O)Nc2ccccc2O)C(C)C)cc1. The number of aromatic hydroxyl groups is 1. The summed E-state index contributed by atoms with van der Waals surface area (Å²) in [6.07, 6.45) is 0. The van der Waals surface area contributed by atoms with Gasteiger partial charge in [0.15, 0.2) is 0 Å². The average molecular weight is 326 g/mol. The molecule has 0 aromatic heterocycles. The number of carbonyl (C=O) groups excluding carboxylic acids is 2. The first-order chi connectivity index (χ1) is 11.4. The third-order valence-corrected chi connectivity index (χ3v) is 3.71. The number of hydrogen-bond acceptors (Lipinski definition) is 3. The van der Waals surface area contributed by atoms with Crippen molar-refractivity contribution < 1.29 is 14.7 Å². The summed E-state index contributed by atoms with van der Waals surface area (Å²) in [7, 11) is 0. The van der Waals surface area contributed by atoms with E-state index in [2.05, 4.69) is 10.6 Å². The zero-order valence-electron chi connectivity index (χ0n) is 14.0. The van der Waals surface area contributed by atoms with Gasteiger partial charge in [0.25, 0.3) is 5.91 Å². The molecule has 0 aliphatic heterocycles. The van der Waals surface area contributed by atoms with Crippen LogP contribution in [0.15, 0.2) is 48.5 Å². The summed E-state index contributed by atoms with van der Waals surface area (Å²) in [5.74, 6) is -0.795. The molecule has 0 heterocycles. The Morgan fingerprint density at radius 3 is 2.21 bits per heavy atom. The molecule has 0 saturated heterocycles. The Bertz CT molecular complexity index is 724. The largest absolute Gasteiger partial charge is 0.506 e. The number of rotatable bonds is 5. The fourth-order valence-corrected chi connectivity index (χ4v) is 2.25. The van der Waals surface area contributed by atoms with Crippen LogP contribution in [-0.2, 0) is 4.79 Å². The monoisotopic (exact) mass is 326 g/mol. The molecular formula is C19H22N2O3. The Morgan fingerprint density at radius 2 is 1.62 bits per heavy atom. The van der Waals surface area contributed by atoms with Gasteiger partial charge in [-0.2, -0.15) is 0 Å². The van der Waals surface area contributed by atoms with E-state index in [4.69, 9.17) is 0 Å². The van der Waals surface area contributed by atoms with Gasteiger partial charge in [0.1, 0.15) is 11.8 Å². The smallest absolute Gasteiger partial charge is 0.251 e. The molecule has 2 rings (SSSR count). The van der Waals surface area contributed by atoms with E-state index in [0.29, 0.717) is 11.3 Å². The Kier molecular flexibility index (Phi) is 5.58. The van der Waals surface area contributed by atoms with Gasteiger partial charge in [0, 0.05) is 5.56 Å². The number of anilines is 1. The molecule has 5 nitrogen and oxygen atoms in total. The molecule has 0 saturated carbocycles. The molecule has 0 bridgehead atoms. The van der Waals surface area contributed by atoms with E-state index in [1.54, 1.807) is 30.3 Å². The van der Waals surface area contributed by atoms with Crippen LogP contribution in [0.1, 0.15) is 29.8 Å². The molecule has 0 radical (unpaired) electrons. The highest BCUT2D eigenvalue weighted by Gasteiger charge is 2.25. The van der Waals surface area contributed by atoms with Crippen molar-refractivity contribution in [2.75, 3.05) is 5.32 Å². The molecular weight excluding hydrogens is 304 g/mol. The third-order valence-electron chi connectivity index (χ3n) is 3.71. The Hall–Kier alpha value is -2.82. The predicted octanol–water partition coefficient (Wildman–Crippen LogP) is 3.09. The predicted molar refractivity (Wildman–Crippen MR) is 94.0 cm³/mol. The van der Waals surface area contributed by atoms with E-state index in [1.807, 2.05) is 32.9 Å². The summed E-state index contributed by atoms with van der Waals surface area (Å²) >= 11 is 0. The summed E-state index contributed by atoms with van der Waals surface area (Å²) in [6, 6.07) is 12.9. The number of para-hydroxylation sites is 2. The number of aryl methyl sites for hydroxylation is 1. The van der Waals surface area contributed by atoms with Crippen molar-refractivity contribution >= 4 is 17.5 Å². The number of hydrogen-bond donors (Lipinski definition) is 3. The van der Waals surface area contributed by atoms with Gasteiger partial charge in [-0.25, -0.2) is 0 Å². The van der Waals surface area contributed by atoms with E-state index < -0.39 is 6.04 Å². The van der Waals surface area contributed by atoms with Crippen LogP contribution in [0.4, 0.5) is 5.69 Å². The molecule has 1 atom stereocenters. The van der Waals surface area contributed by atoms with Gasteiger partial charge < -0.3 is 15.7 Å². The third kappa shape index (κ3) is 4.35. The molecule has 0 fully saturated rings. The maximum Gasteiger partial charge on any atom is 0.251 e. The van der Waals surface area contributed by atoms with Crippen molar-refractivity contribution in [3.05, 3.63) is 59.7 Å². The van der Waals surface area contributed by atoms with Gasteiger partial charge in [0.05, 0.1) is 5.69 Å². The number of phenolic OH excluding ortho intramolecular Hbond substituents is 1. The van der Waals surface area contributed by atoms with Crippen LogP contribution in [0.25, 0.3) is 0 Å². The molecule has 2 amide bonds. The van der Waals surface area contributed by atoms with Crippen LogP contribution in [0.5, 0.6) is 5.75 Å². The summed E-state index contributed by atoms with van der Waals surface area (Å²) in [5.41, 5.74) is 1.88. The number of amides is 2. The second-order valence-corrected chi connectivity index (χ2v) is 6.07. The summed E-state index contributed by atoms with van der Waals surface area (Å²) in [6.45, 7) is 5.65. The Labute approximate surface area is 141 Å². The first-order valence-electron chi connectivity index (χ1n) is 7.85. The molecule has 0 aliphatic carbocycles. The average Bonchev–Trinajstić information content (AvgIpc) is 2.54. The lowest BCUT2D eigenvalue weighted by Crippen LogP contribution is -2.47. The second-order valence-electron chi connectivity index (χ2n) is 6.07. The van der Waals surface area contributed by atoms with Crippen LogP contribution < -0.4 is 10.6 Å². The summed E-state index contributed by atoms with van der Waals surface area (Å²) in [4.78, 5) is 24.8. The quantitative estimate of drug-likeness (QED) is 0.739. The number of phenols is 1. The Balaban J connectivity index is 2.11. The first kappa shape index (κ1) is 17.5. The maximum absolute atomic E-state index is 12.5. The summed E-state index contributed by atoms with van der Waals surface area (Å²) in [5, 5.41) is 15.2. The van der Waals surface area contributed by atoms with Gasteiger partial charge in [-0.05, 0) is 37.1 Å². The van der Waals surface area contributed by atoms with Crippen molar-refractivity contribution in [1.29, 1.82) is 0 Å². The highest BCUT2D eigenvalue weighted by atomic mass is 16.3. The standard InChI is InChI=1S/C19H22N2O3/c1-12(2)17(19(24)20-15-6-4-5-7-16(15)22)21-18(23)14-10-8-13(3)9-11-14/h4-12,17,22H,1-3H3,(H,20,24)(H,21,23)/t17-/m0/s1. The molecule has 0 aliphatic rings. The lowest BCUT2D eigenvalue weighted by Gasteiger charge is -2.22. The number of carbonyl (C=O) groups is 2. The Morgan fingerprint density at radius 1 is 1.00 bits per heavy atom. The zero-order chi connectivity index (χ0) is 17.7. The van der Waals surface area contributed by atoms with Gasteiger partial charge in [-0.1, -0.05) is 43.7 Å². The minimum absolute atomic E-state index is 0.0155. The van der Waals surface area contributed by atoms with Gasteiger partial charge in [0.2, 0.25) is 5.91 Å². The lowest BCUT2D eigenvalue weighted by molar-refractivity contribution is -0.118. The van der Waals surface area contributed by atoms with Crippen LogP contribution in [0, 0.1) is 12.8 Å². The zero-order valence-corrected chi connectivity index (χ0v) is 14.0. The lowest BCUT2D eigenvalue weighted by atomic mass is 10.0. The minimum atomic E-state index is -0.710. The molecule has 24 heavy (non-hydrogen) atoms. The second kappa shape index (κ2) is 7.64. The van der Waals surface area contributed by atoms with Crippen molar-refractivity contribution in [2.24, 2.45) is 5.92 Å². The molecule has 2 aromatic carbocycles. The molecule has 2 aromatic rings. The fourth-order valence-electron chi connectivity index (χ4n) is 2.25. The summed E-state index contributed by atoms with van der Waals surface area (Å²) < 4.78 is 0. The van der Waals surface area contributed by atoms with E-state index >= 15 is 0 Å². The normalized spacial score (nSPS) is 11.8. The van der Waals surface area contributed by atoms with Crippen molar-refractivity contribution in [3.63, 3.8) is 0 Å². The minimum Gasteiger partial charge on any atom is -0.506 e. The van der Waals surface area contributed by atoms with Gasteiger partial charge in [-0.15, -0.1) is 0 Å². The fraction of sp³-hybridized carbons (Fsp3) is 0.263. The van der Waals surface area contributed by atoms with Crippen molar-refractivity contribution in [2.45, 2.75) is 26.8 Å². The van der Waals surface area contributed by atoms with Crippen molar-refractivity contribution in [3.8, 4) is 5.75 Å². The van der Waals surface area contributed by atoms with Crippen LogP contribution in [-0.4, -0.2) is 23.0 Å². The molecule has 5 heteroatoms. The van der Waals surface area contributed by atoms with Crippen LogP contribution >= 0.6 is 0 Å². The first-order valence-corrected chi connectivity index (χ1v) is 7.85. The van der Waals surface area contributed by atoms with E-state index in [-0.39, 0.29) is 23.5 Å². The van der Waals surface area contributed by atoms with Crippen LogP contribution in [0.3, 0.4) is 0 Å². The van der Waals surface area contributed by atoms with Gasteiger partial charge in [-0.3, -0.25) is 9.59 Å². The molecule has 0 spiro atoms. The molecule has 3 N–H and O–H groups in total. The van der Waals surface area contributed by atoms with E-state index in [0.717, 1.165) is 5.56 Å². The van der Waals surface area contributed by atoms with E-state index in [9.17, 15) is 14.7 Å². The van der Waals surface area contributed by atoms with Crippen LogP contribution in [0.2, 0.25) is 0 Å². The topological polar surface area (TPSA) is 78.4 Å². The highest BCUT2D eigenvalue weighted by Crippen LogP contribution is 2.22. The van der Waals surface area contributed by atoms with Crippen molar-refractivity contribution in [1.82, 2.24) is 5.32 Å². The van der Waals surface area contributed by atoms with E-state index in [1.165, 1.54) is 6.07 Å². The highest BCUT2D eigenvalue weighted by molar-refractivity contribution is 6.01. The molecule has 126 valence electrons.